The molecule has 162 valence electrons. The molecule has 0 amide bonds. The zero-order valence-corrected chi connectivity index (χ0v) is 18.9. The number of nitrogens with zero attached hydrogens (tertiary/aromatic N) is 3. The van der Waals surface area contributed by atoms with Gasteiger partial charge in [-0.3, -0.25) is 4.90 Å². The van der Waals surface area contributed by atoms with Crippen LogP contribution in [0.3, 0.4) is 0 Å². The van der Waals surface area contributed by atoms with Gasteiger partial charge in [-0.15, -0.1) is 0 Å². The van der Waals surface area contributed by atoms with Gasteiger partial charge in [-0.25, -0.2) is 4.98 Å². The largest absolute Gasteiger partial charge is 1.00 e. The molecule has 3 rings (SSSR count). The topological polar surface area (TPSA) is 48.8 Å². The molecular weight excluding hydrogens is 409 g/mol. The van der Waals surface area contributed by atoms with Crippen LogP contribution in [-0.4, -0.2) is 60.4 Å². The predicted molar refractivity (Wildman–Crippen MR) is 110 cm³/mol. The third-order valence-electron chi connectivity index (χ3n) is 5.04. The fraction of sp³-hybridized carbons (Fsp3) is 0.500. The summed E-state index contributed by atoms with van der Waals surface area (Å²) in [4.78, 5) is 9.01. The highest BCUT2D eigenvalue weighted by molar-refractivity contribution is 5.39. The van der Waals surface area contributed by atoms with Crippen molar-refractivity contribution in [1.29, 1.82) is 0 Å². The van der Waals surface area contributed by atoms with E-state index >= 15 is 0 Å². The number of pyridine rings is 1. The number of rotatable bonds is 7. The van der Waals surface area contributed by atoms with Gasteiger partial charge in [-0.1, -0.05) is 32.0 Å². The van der Waals surface area contributed by atoms with Crippen molar-refractivity contribution in [1.82, 2.24) is 9.88 Å². The van der Waals surface area contributed by atoms with Gasteiger partial charge in [0.1, 0.15) is 24.3 Å². The molecule has 1 unspecified atom stereocenters. The van der Waals surface area contributed by atoms with E-state index in [0.717, 1.165) is 37.7 Å². The molecule has 0 radical (unpaired) electrons. The summed E-state index contributed by atoms with van der Waals surface area (Å²) in [6, 6.07) is 12.3. The first-order valence-electron chi connectivity index (χ1n) is 9.82. The third-order valence-corrected chi connectivity index (χ3v) is 5.04. The Kier molecular flexibility index (Phi) is 10.8. The van der Waals surface area contributed by atoms with E-state index in [1.165, 1.54) is 11.1 Å². The van der Waals surface area contributed by atoms with Gasteiger partial charge in [0.2, 0.25) is 0 Å². The molecule has 1 aliphatic heterocycles. The summed E-state index contributed by atoms with van der Waals surface area (Å²) in [6.45, 7) is 11.1. The van der Waals surface area contributed by atoms with Crippen LogP contribution in [0.1, 0.15) is 30.9 Å². The molecule has 1 saturated heterocycles. The van der Waals surface area contributed by atoms with Crippen molar-refractivity contribution in [3.8, 4) is 5.75 Å². The Bertz CT molecular complexity index is 723. The highest BCUT2D eigenvalue weighted by Gasteiger charge is 2.20. The normalized spacial score (nSPS) is 15.4. The Hall–Kier alpha value is -1.53. The van der Waals surface area contributed by atoms with Crippen molar-refractivity contribution in [2.75, 3.05) is 44.2 Å². The SMILES string of the molecule is Cc1ccc(C(C)C)c(OCC(O)CN2CCN(c3ccccn3)CC2)c1.[Cl-].[Cl-]. The predicted octanol–water partition coefficient (Wildman–Crippen LogP) is -2.92. The van der Waals surface area contributed by atoms with Gasteiger partial charge in [0.15, 0.2) is 0 Å². The number of aromatic nitrogens is 1. The van der Waals surface area contributed by atoms with Crippen molar-refractivity contribution in [3.05, 3.63) is 53.7 Å². The fourth-order valence-corrected chi connectivity index (χ4v) is 3.48. The number of halogens is 2. The van der Waals surface area contributed by atoms with E-state index in [9.17, 15) is 5.11 Å². The molecule has 7 heteroatoms. The molecule has 1 aromatic heterocycles. The van der Waals surface area contributed by atoms with Gasteiger partial charge in [0.05, 0.1) is 0 Å². The van der Waals surface area contributed by atoms with E-state index in [-0.39, 0.29) is 24.8 Å². The minimum Gasteiger partial charge on any atom is -1.00 e. The van der Waals surface area contributed by atoms with E-state index in [4.69, 9.17) is 4.74 Å². The Morgan fingerprint density at radius 1 is 1.07 bits per heavy atom. The third kappa shape index (κ3) is 7.34. The van der Waals surface area contributed by atoms with E-state index < -0.39 is 6.10 Å². The molecule has 5 nitrogen and oxygen atoms in total. The van der Waals surface area contributed by atoms with Gasteiger partial charge in [0, 0.05) is 38.9 Å². The van der Waals surface area contributed by atoms with Crippen molar-refractivity contribution >= 4 is 5.82 Å². The number of anilines is 1. The molecule has 29 heavy (non-hydrogen) atoms. The van der Waals surface area contributed by atoms with Gasteiger partial charge in [0.25, 0.3) is 0 Å². The first-order chi connectivity index (χ1) is 13.0. The number of aliphatic hydroxyl groups excluding tert-OH is 1. The molecule has 1 N–H and O–H groups in total. The second-order valence-electron chi connectivity index (χ2n) is 7.64. The summed E-state index contributed by atoms with van der Waals surface area (Å²) in [5.74, 6) is 2.32. The summed E-state index contributed by atoms with van der Waals surface area (Å²) in [6.07, 6.45) is 1.34. The number of aryl methyl sites for hydroxylation is 1. The number of hydrogen-bond donors (Lipinski definition) is 1. The first-order valence-corrected chi connectivity index (χ1v) is 9.82. The molecule has 0 spiro atoms. The molecule has 1 aliphatic rings. The van der Waals surface area contributed by atoms with Crippen molar-refractivity contribution in [2.45, 2.75) is 32.8 Å². The van der Waals surface area contributed by atoms with Crippen LogP contribution in [0.25, 0.3) is 0 Å². The highest BCUT2D eigenvalue weighted by atomic mass is 35.5. The average molecular weight is 440 g/mol. The van der Waals surface area contributed by atoms with Gasteiger partial charge in [-0.05, 0) is 42.2 Å². The van der Waals surface area contributed by atoms with E-state index in [2.05, 4.69) is 53.8 Å². The Balaban J connectivity index is 0.00000210. The lowest BCUT2D eigenvalue weighted by molar-refractivity contribution is -0.001000. The lowest BCUT2D eigenvalue weighted by atomic mass is 10.0. The summed E-state index contributed by atoms with van der Waals surface area (Å²) in [5.41, 5.74) is 2.37. The van der Waals surface area contributed by atoms with Crippen molar-refractivity contribution in [3.63, 3.8) is 0 Å². The number of ether oxygens (including phenoxy) is 1. The van der Waals surface area contributed by atoms with Gasteiger partial charge >= 0.3 is 0 Å². The maximum Gasteiger partial charge on any atom is 0.128 e. The number of β-amino-alcohol motifs (C(OH)–C–C–N with tert-alkyl or cyclic N) is 1. The molecule has 0 bridgehead atoms. The maximum absolute atomic E-state index is 10.5. The number of piperazine rings is 1. The average Bonchev–Trinajstić information content (AvgIpc) is 2.67. The Morgan fingerprint density at radius 3 is 2.41 bits per heavy atom. The van der Waals surface area contributed by atoms with Crippen LogP contribution >= 0.6 is 0 Å². The smallest absolute Gasteiger partial charge is 0.128 e. The maximum atomic E-state index is 10.5. The molecular formula is C22H31Cl2N3O2-2. The Morgan fingerprint density at radius 2 is 1.79 bits per heavy atom. The first kappa shape index (κ1) is 25.5. The van der Waals surface area contributed by atoms with E-state index in [1.54, 1.807) is 0 Å². The second kappa shape index (κ2) is 12.2. The van der Waals surface area contributed by atoms with Crippen molar-refractivity contribution < 1.29 is 34.7 Å². The number of benzene rings is 1. The van der Waals surface area contributed by atoms with Crippen LogP contribution < -0.4 is 34.5 Å². The monoisotopic (exact) mass is 439 g/mol. The zero-order chi connectivity index (χ0) is 19.2. The van der Waals surface area contributed by atoms with Gasteiger partial charge in [-0.2, -0.15) is 0 Å². The van der Waals surface area contributed by atoms with E-state index in [1.807, 2.05) is 24.4 Å². The van der Waals surface area contributed by atoms with Crippen LogP contribution in [0.5, 0.6) is 5.75 Å². The summed E-state index contributed by atoms with van der Waals surface area (Å²) in [5, 5.41) is 10.5. The van der Waals surface area contributed by atoms with Crippen LogP contribution in [0.15, 0.2) is 42.6 Å². The molecule has 0 aliphatic carbocycles. The lowest BCUT2D eigenvalue weighted by Gasteiger charge is -2.36. The van der Waals surface area contributed by atoms with Crippen LogP contribution in [0.4, 0.5) is 5.82 Å². The van der Waals surface area contributed by atoms with Crippen LogP contribution in [0.2, 0.25) is 0 Å². The highest BCUT2D eigenvalue weighted by Crippen LogP contribution is 2.27. The van der Waals surface area contributed by atoms with Crippen LogP contribution in [0, 0.1) is 6.92 Å². The van der Waals surface area contributed by atoms with Crippen LogP contribution in [-0.2, 0) is 0 Å². The molecule has 2 heterocycles. The molecule has 2 aromatic rings. The number of aliphatic hydroxyl groups is 1. The summed E-state index contributed by atoms with van der Waals surface area (Å²) < 4.78 is 5.98. The van der Waals surface area contributed by atoms with E-state index in [0.29, 0.717) is 19.1 Å². The number of hydrogen-bond acceptors (Lipinski definition) is 5. The molecule has 1 atom stereocenters. The lowest BCUT2D eigenvalue weighted by Crippen LogP contribution is -3.00. The van der Waals surface area contributed by atoms with Gasteiger partial charge < -0.3 is 39.6 Å². The minimum absolute atomic E-state index is 0. The molecule has 0 saturated carbocycles. The second-order valence-corrected chi connectivity index (χ2v) is 7.64. The summed E-state index contributed by atoms with van der Waals surface area (Å²) >= 11 is 0. The molecule has 1 fully saturated rings. The van der Waals surface area contributed by atoms with Crippen molar-refractivity contribution in [2.24, 2.45) is 0 Å². The fourth-order valence-electron chi connectivity index (χ4n) is 3.48. The standard InChI is InChI=1S/C22H31N3O2.2ClH/c1-17(2)20-8-7-18(3)14-21(20)27-16-19(26)15-24-10-12-25(13-11-24)22-6-4-5-9-23-22;;/h4-9,14,17,19,26H,10-13,15-16H2,1-3H3;2*1H/p-2. The minimum atomic E-state index is -0.494. The summed E-state index contributed by atoms with van der Waals surface area (Å²) in [7, 11) is 0. The Labute approximate surface area is 186 Å². The zero-order valence-electron chi connectivity index (χ0n) is 17.4. The quantitative estimate of drug-likeness (QED) is 0.500. The molecule has 1 aromatic carbocycles.